The van der Waals surface area contributed by atoms with E-state index in [1.165, 1.54) is 17.4 Å². The molecule has 4 aromatic carbocycles. The zero-order valence-electron chi connectivity index (χ0n) is 31.1. The fourth-order valence-electron chi connectivity index (χ4n) is 6.24. The minimum atomic E-state index is -2.23. The second-order valence-corrected chi connectivity index (χ2v) is 20.6. The summed E-state index contributed by atoms with van der Waals surface area (Å²) in [5.41, 5.74) is 5.98. The van der Waals surface area contributed by atoms with Crippen molar-refractivity contribution in [1.82, 2.24) is 14.9 Å². The number of hydrogen-bond donors (Lipinski definition) is 5. The lowest BCUT2D eigenvalue weighted by atomic mass is 10.0. The first-order valence-corrected chi connectivity index (χ1v) is 21.6. The molecule has 0 bridgehead atoms. The molecule has 2 aromatic heterocycles. The van der Waals surface area contributed by atoms with Gasteiger partial charge in [0.15, 0.2) is 8.32 Å². The van der Waals surface area contributed by atoms with Crippen LogP contribution in [0.2, 0.25) is 18.1 Å². The number of fused-ring (bicyclic) bond motifs is 2. The molecule has 0 fully saturated rings. The van der Waals surface area contributed by atoms with Crippen molar-refractivity contribution in [2.45, 2.75) is 64.5 Å². The lowest BCUT2D eigenvalue weighted by molar-refractivity contribution is 0.181. The molecule has 0 saturated heterocycles. The summed E-state index contributed by atoms with van der Waals surface area (Å²) in [6.07, 6.45) is 3.09. The SMILES string of the molecule is CC(C)(C)[Si](C)(C)O[C@H](CNCc1ccc2c(c1)sc(=O)n2CC/C=C/c1ccc(-c2ccccc2)c(NC(=O)O)c1)c1ccc(O)c2[nH]c(=O)ccc12. The van der Waals surface area contributed by atoms with Crippen LogP contribution < -0.4 is 21.1 Å². The Bertz CT molecular complexity index is 2450. The molecule has 0 saturated carbocycles. The van der Waals surface area contributed by atoms with E-state index in [-0.39, 0.29) is 27.3 Å². The number of amides is 1. The highest BCUT2D eigenvalue weighted by Gasteiger charge is 2.39. The number of nitrogens with zero attached hydrogens (tertiary/aromatic N) is 1. The minimum absolute atomic E-state index is 0.0127. The van der Waals surface area contributed by atoms with Crippen LogP contribution in [0.3, 0.4) is 0 Å². The standard InChI is InChI=1S/C42H46N4O6SSi/c1-42(2,3)54(4,5)52-36(31-17-20-35(47)39-32(31)18-21-38(48)45-39)26-43-25-28-15-19-34-37(24-28)53-41(51)46(34)22-10-9-11-27-14-16-30(29-12-7-6-8-13-29)33(23-27)44-40(49)50/h6-9,11-21,23-24,36,43-44,47H,10,22,25-26H2,1-5H3,(H,45,48)(H,49,50)/b11-9+/t36-/m1/s1. The number of benzene rings is 4. The third-order valence-corrected chi connectivity index (χ3v) is 15.5. The highest BCUT2D eigenvalue weighted by molar-refractivity contribution is 7.16. The van der Waals surface area contributed by atoms with Gasteiger partial charge in [-0.1, -0.05) is 98.9 Å². The molecular formula is C42H46N4O6SSi. The molecule has 0 spiro atoms. The normalized spacial score (nSPS) is 12.8. The molecule has 1 atom stereocenters. The number of phenolic OH excluding ortho intramolecular Hbond substituents is 1. The fraction of sp³-hybridized carbons (Fsp3) is 0.262. The van der Waals surface area contributed by atoms with Gasteiger partial charge in [0.1, 0.15) is 5.75 Å². The van der Waals surface area contributed by atoms with Gasteiger partial charge in [-0.2, -0.15) is 0 Å². The summed E-state index contributed by atoms with van der Waals surface area (Å²) in [4.78, 5) is 39.4. The minimum Gasteiger partial charge on any atom is -0.506 e. The Labute approximate surface area is 318 Å². The molecule has 0 aliphatic heterocycles. The van der Waals surface area contributed by atoms with Crippen molar-refractivity contribution in [3.63, 3.8) is 0 Å². The highest BCUT2D eigenvalue weighted by atomic mass is 32.1. The zero-order valence-corrected chi connectivity index (χ0v) is 32.9. The highest BCUT2D eigenvalue weighted by Crippen LogP contribution is 2.41. The van der Waals surface area contributed by atoms with E-state index in [4.69, 9.17) is 4.43 Å². The van der Waals surface area contributed by atoms with Crippen LogP contribution in [0.25, 0.3) is 38.3 Å². The number of anilines is 1. The number of carboxylic acid groups (broad SMARTS) is 1. The molecule has 6 rings (SSSR count). The van der Waals surface area contributed by atoms with E-state index in [1.807, 2.05) is 78.9 Å². The number of carbonyl (C=O) groups is 1. The smallest absolute Gasteiger partial charge is 0.409 e. The van der Waals surface area contributed by atoms with Gasteiger partial charge in [-0.15, -0.1) is 0 Å². The molecule has 5 N–H and O–H groups in total. The van der Waals surface area contributed by atoms with Crippen molar-refractivity contribution >= 4 is 58.6 Å². The van der Waals surface area contributed by atoms with Gasteiger partial charge in [-0.25, -0.2) is 4.79 Å². The second-order valence-electron chi connectivity index (χ2n) is 14.9. The number of thiazole rings is 1. The van der Waals surface area contributed by atoms with Crippen LogP contribution in [-0.4, -0.2) is 40.7 Å². The molecule has 1 amide bonds. The number of nitrogens with one attached hydrogen (secondary N) is 3. The van der Waals surface area contributed by atoms with Crippen molar-refractivity contribution in [2.24, 2.45) is 0 Å². The molecule has 6 aromatic rings. The van der Waals surface area contributed by atoms with E-state index in [0.29, 0.717) is 37.3 Å². The number of rotatable bonds is 13. The van der Waals surface area contributed by atoms with Crippen LogP contribution >= 0.6 is 11.3 Å². The Hall–Kier alpha value is -5.27. The van der Waals surface area contributed by atoms with Crippen molar-refractivity contribution in [3.05, 3.63) is 134 Å². The average Bonchev–Trinajstić information content (AvgIpc) is 3.43. The van der Waals surface area contributed by atoms with Gasteiger partial charge < -0.3 is 24.9 Å². The van der Waals surface area contributed by atoms with E-state index >= 15 is 0 Å². The average molecular weight is 763 g/mol. The predicted molar refractivity (Wildman–Crippen MR) is 222 cm³/mol. The molecule has 0 aliphatic carbocycles. The largest absolute Gasteiger partial charge is 0.506 e. The Kier molecular flexibility index (Phi) is 11.4. The Balaban J connectivity index is 1.14. The number of aryl methyl sites for hydroxylation is 1. The van der Waals surface area contributed by atoms with Gasteiger partial charge in [0.05, 0.1) is 27.5 Å². The lowest BCUT2D eigenvalue weighted by Crippen LogP contribution is -2.43. The summed E-state index contributed by atoms with van der Waals surface area (Å²) in [5, 5.41) is 26.7. The first-order valence-electron chi connectivity index (χ1n) is 17.9. The summed E-state index contributed by atoms with van der Waals surface area (Å²) in [7, 11) is -2.23. The van der Waals surface area contributed by atoms with Crippen molar-refractivity contribution in [1.29, 1.82) is 0 Å². The van der Waals surface area contributed by atoms with E-state index in [0.717, 1.165) is 43.4 Å². The number of aromatic amines is 1. The molecule has 0 radical (unpaired) electrons. The predicted octanol–water partition coefficient (Wildman–Crippen LogP) is 9.32. The van der Waals surface area contributed by atoms with E-state index in [2.05, 4.69) is 55.5 Å². The van der Waals surface area contributed by atoms with Crippen LogP contribution in [0.15, 0.2) is 107 Å². The number of pyridine rings is 1. The van der Waals surface area contributed by atoms with Gasteiger partial charge in [-0.3, -0.25) is 19.5 Å². The van der Waals surface area contributed by atoms with E-state index < -0.39 is 14.4 Å². The number of aromatic hydroxyl groups is 1. The molecular weight excluding hydrogens is 717 g/mol. The maximum Gasteiger partial charge on any atom is 0.409 e. The third-order valence-electron chi connectivity index (χ3n) is 10.1. The Morgan fingerprint density at radius 3 is 2.52 bits per heavy atom. The quantitative estimate of drug-likeness (QED) is 0.0738. The van der Waals surface area contributed by atoms with Crippen LogP contribution in [0, 0.1) is 0 Å². The summed E-state index contributed by atoms with van der Waals surface area (Å²) >= 11 is 1.23. The maximum absolute atomic E-state index is 13.1. The van der Waals surface area contributed by atoms with Crippen LogP contribution in [0.5, 0.6) is 5.75 Å². The first kappa shape index (κ1) is 38.5. The summed E-state index contributed by atoms with van der Waals surface area (Å²) in [6, 6.07) is 28.0. The van der Waals surface area contributed by atoms with Gasteiger partial charge in [0.25, 0.3) is 0 Å². The molecule has 10 nitrogen and oxygen atoms in total. The first-order chi connectivity index (χ1) is 25.7. The van der Waals surface area contributed by atoms with Crippen LogP contribution in [0.4, 0.5) is 10.5 Å². The molecule has 12 heteroatoms. The van der Waals surface area contributed by atoms with Crippen LogP contribution in [0.1, 0.15) is 50.0 Å². The molecule has 2 heterocycles. The monoisotopic (exact) mass is 762 g/mol. The van der Waals surface area contributed by atoms with Crippen molar-refractivity contribution in [2.75, 3.05) is 11.9 Å². The molecule has 0 unspecified atom stereocenters. The van der Waals surface area contributed by atoms with E-state index in [1.54, 1.807) is 16.7 Å². The molecule has 54 heavy (non-hydrogen) atoms. The van der Waals surface area contributed by atoms with Gasteiger partial charge in [0, 0.05) is 36.7 Å². The fourth-order valence-corrected chi connectivity index (χ4v) is 8.50. The van der Waals surface area contributed by atoms with Crippen molar-refractivity contribution < 1.29 is 19.4 Å². The summed E-state index contributed by atoms with van der Waals surface area (Å²) in [6.45, 7) is 12.6. The summed E-state index contributed by atoms with van der Waals surface area (Å²) < 4.78 is 9.64. The summed E-state index contributed by atoms with van der Waals surface area (Å²) in [5.74, 6) is 0.0127. The maximum atomic E-state index is 13.1. The Morgan fingerprint density at radius 1 is 1.00 bits per heavy atom. The lowest BCUT2D eigenvalue weighted by Gasteiger charge is -2.39. The van der Waals surface area contributed by atoms with Crippen molar-refractivity contribution in [3.8, 4) is 16.9 Å². The van der Waals surface area contributed by atoms with Gasteiger partial charge in [0.2, 0.25) is 5.56 Å². The Morgan fingerprint density at radius 2 is 1.78 bits per heavy atom. The molecule has 0 aliphatic rings. The van der Waals surface area contributed by atoms with Gasteiger partial charge >= 0.3 is 11.0 Å². The third kappa shape index (κ3) is 8.74. The number of allylic oxidation sites excluding steroid dienone is 1. The number of hydrogen-bond acceptors (Lipinski definition) is 7. The zero-order chi connectivity index (χ0) is 38.6. The number of H-pyrrole nitrogens is 1. The van der Waals surface area contributed by atoms with Crippen LogP contribution in [-0.2, 0) is 17.5 Å². The number of phenols is 1. The number of aromatic nitrogens is 2. The second kappa shape index (κ2) is 16.0. The van der Waals surface area contributed by atoms with E-state index in [9.17, 15) is 24.6 Å². The molecule has 280 valence electrons. The topological polar surface area (TPSA) is 146 Å². The van der Waals surface area contributed by atoms with Gasteiger partial charge in [-0.05, 0) is 77.1 Å².